The summed E-state index contributed by atoms with van der Waals surface area (Å²) in [7, 11) is 0. The monoisotopic (exact) mass is 222 g/mol. The van der Waals surface area contributed by atoms with Gasteiger partial charge in [0.2, 0.25) is 0 Å². The van der Waals surface area contributed by atoms with Gasteiger partial charge in [-0.05, 0) is 18.1 Å². The van der Waals surface area contributed by atoms with Crippen LogP contribution in [0, 0.1) is 0 Å². The summed E-state index contributed by atoms with van der Waals surface area (Å²) in [6.07, 6.45) is 2.43. The number of aromatic nitrogens is 1. The highest BCUT2D eigenvalue weighted by Gasteiger charge is 2.30. The summed E-state index contributed by atoms with van der Waals surface area (Å²) in [6.45, 7) is 0.640. The molecule has 0 spiro atoms. The van der Waals surface area contributed by atoms with Gasteiger partial charge in [0.05, 0.1) is 12.6 Å². The standard InChI is InChI=1S/C11H14N2O3/c14-10-7-13(11(15)16)5-3-9(10)8-2-1-4-12-6-8/h1-2,4,6,9-10,14H,3,5,7H2,(H,15,16). The maximum atomic E-state index is 10.7. The Kier molecular flexibility index (Phi) is 3.05. The van der Waals surface area contributed by atoms with Crippen molar-refractivity contribution in [2.75, 3.05) is 13.1 Å². The van der Waals surface area contributed by atoms with Crippen molar-refractivity contribution in [2.24, 2.45) is 0 Å². The molecule has 0 aromatic carbocycles. The van der Waals surface area contributed by atoms with Crippen LogP contribution in [0.1, 0.15) is 17.9 Å². The summed E-state index contributed by atoms with van der Waals surface area (Å²) in [4.78, 5) is 16.0. The van der Waals surface area contributed by atoms with Gasteiger partial charge in [-0.25, -0.2) is 4.79 Å². The first-order valence-electron chi connectivity index (χ1n) is 5.24. The number of piperidine rings is 1. The van der Waals surface area contributed by atoms with E-state index in [-0.39, 0.29) is 12.5 Å². The normalized spacial score (nSPS) is 25.4. The lowest BCUT2D eigenvalue weighted by molar-refractivity contribution is 0.0503. The molecule has 2 rings (SSSR count). The van der Waals surface area contributed by atoms with Crippen LogP contribution in [-0.4, -0.2) is 45.4 Å². The first kappa shape index (κ1) is 10.9. The number of aliphatic hydroxyl groups is 1. The highest BCUT2D eigenvalue weighted by Crippen LogP contribution is 2.27. The van der Waals surface area contributed by atoms with E-state index in [2.05, 4.69) is 4.98 Å². The van der Waals surface area contributed by atoms with Gasteiger partial charge in [-0.3, -0.25) is 4.98 Å². The lowest BCUT2D eigenvalue weighted by Gasteiger charge is -2.34. The van der Waals surface area contributed by atoms with E-state index >= 15 is 0 Å². The van der Waals surface area contributed by atoms with E-state index in [4.69, 9.17) is 5.11 Å². The van der Waals surface area contributed by atoms with Gasteiger partial charge in [0.1, 0.15) is 0 Å². The molecule has 0 radical (unpaired) electrons. The topological polar surface area (TPSA) is 73.7 Å². The lowest BCUT2D eigenvalue weighted by atomic mass is 9.88. The number of β-amino-alcohol motifs (C(OH)–C–C–N with tert-alkyl or cyclic N) is 1. The van der Waals surface area contributed by atoms with Gasteiger partial charge in [-0.2, -0.15) is 0 Å². The van der Waals surface area contributed by atoms with Crippen LogP contribution in [0.3, 0.4) is 0 Å². The van der Waals surface area contributed by atoms with Crippen LogP contribution in [0.25, 0.3) is 0 Å². The number of pyridine rings is 1. The molecule has 1 amide bonds. The summed E-state index contributed by atoms with van der Waals surface area (Å²) in [5.41, 5.74) is 0.972. The molecule has 2 atom stereocenters. The van der Waals surface area contributed by atoms with E-state index in [9.17, 15) is 9.90 Å². The van der Waals surface area contributed by atoms with Crippen molar-refractivity contribution in [3.63, 3.8) is 0 Å². The van der Waals surface area contributed by atoms with Gasteiger partial charge in [-0.1, -0.05) is 6.07 Å². The number of carboxylic acid groups (broad SMARTS) is 1. The number of hydrogen-bond donors (Lipinski definition) is 2. The number of amides is 1. The Morgan fingerprint density at radius 2 is 2.38 bits per heavy atom. The third-order valence-electron chi connectivity index (χ3n) is 2.97. The van der Waals surface area contributed by atoms with E-state index in [0.717, 1.165) is 5.56 Å². The van der Waals surface area contributed by atoms with E-state index in [0.29, 0.717) is 13.0 Å². The summed E-state index contributed by atoms with van der Waals surface area (Å²) in [6, 6.07) is 3.74. The Morgan fingerprint density at radius 3 is 2.94 bits per heavy atom. The third kappa shape index (κ3) is 2.14. The van der Waals surface area contributed by atoms with Gasteiger partial charge in [0, 0.05) is 24.9 Å². The van der Waals surface area contributed by atoms with Crippen LogP contribution in [0.5, 0.6) is 0 Å². The van der Waals surface area contributed by atoms with Crippen molar-refractivity contribution in [1.82, 2.24) is 9.88 Å². The molecular weight excluding hydrogens is 208 g/mol. The van der Waals surface area contributed by atoms with Gasteiger partial charge in [-0.15, -0.1) is 0 Å². The summed E-state index contributed by atoms with van der Waals surface area (Å²) in [5, 5.41) is 18.7. The average Bonchev–Trinajstić information content (AvgIpc) is 2.30. The zero-order valence-electron chi connectivity index (χ0n) is 8.78. The SMILES string of the molecule is O=C(O)N1CCC(c2cccnc2)C(O)C1. The Hall–Kier alpha value is -1.62. The molecule has 2 unspecified atom stereocenters. The summed E-state index contributed by atoms with van der Waals surface area (Å²) < 4.78 is 0. The zero-order chi connectivity index (χ0) is 11.5. The van der Waals surface area contributed by atoms with Crippen LogP contribution in [0.2, 0.25) is 0 Å². The van der Waals surface area contributed by atoms with Crippen LogP contribution >= 0.6 is 0 Å². The fraction of sp³-hybridized carbons (Fsp3) is 0.455. The molecule has 2 heterocycles. The number of nitrogens with zero attached hydrogens (tertiary/aromatic N) is 2. The maximum absolute atomic E-state index is 10.7. The minimum absolute atomic E-state index is 0.00991. The zero-order valence-corrected chi connectivity index (χ0v) is 8.78. The van der Waals surface area contributed by atoms with E-state index in [1.54, 1.807) is 12.4 Å². The van der Waals surface area contributed by atoms with Gasteiger partial charge in [0.25, 0.3) is 0 Å². The highest BCUT2D eigenvalue weighted by molar-refractivity contribution is 5.65. The molecule has 1 aromatic heterocycles. The molecule has 5 nitrogen and oxygen atoms in total. The molecule has 86 valence electrons. The number of hydrogen-bond acceptors (Lipinski definition) is 3. The van der Waals surface area contributed by atoms with E-state index < -0.39 is 12.2 Å². The summed E-state index contributed by atoms with van der Waals surface area (Å²) >= 11 is 0. The van der Waals surface area contributed by atoms with Crippen molar-refractivity contribution in [2.45, 2.75) is 18.4 Å². The lowest BCUT2D eigenvalue weighted by Crippen LogP contribution is -2.45. The molecule has 0 saturated carbocycles. The molecule has 1 aliphatic rings. The van der Waals surface area contributed by atoms with Crippen molar-refractivity contribution in [3.05, 3.63) is 30.1 Å². The smallest absolute Gasteiger partial charge is 0.407 e. The molecule has 16 heavy (non-hydrogen) atoms. The molecule has 1 aromatic rings. The van der Waals surface area contributed by atoms with Crippen LogP contribution < -0.4 is 0 Å². The Morgan fingerprint density at radius 1 is 1.56 bits per heavy atom. The van der Waals surface area contributed by atoms with E-state index in [1.807, 2.05) is 12.1 Å². The van der Waals surface area contributed by atoms with Gasteiger partial charge < -0.3 is 15.1 Å². The molecule has 5 heteroatoms. The quantitative estimate of drug-likeness (QED) is 0.740. The molecule has 1 fully saturated rings. The van der Waals surface area contributed by atoms with Crippen molar-refractivity contribution in [3.8, 4) is 0 Å². The van der Waals surface area contributed by atoms with Crippen molar-refractivity contribution in [1.29, 1.82) is 0 Å². The molecule has 1 saturated heterocycles. The van der Waals surface area contributed by atoms with Crippen molar-refractivity contribution < 1.29 is 15.0 Å². The van der Waals surface area contributed by atoms with Crippen LogP contribution in [0.4, 0.5) is 4.79 Å². The molecule has 1 aliphatic heterocycles. The first-order valence-corrected chi connectivity index (χ1v) is 5.24. The molecule has 0 aliphatic carbocycles. The molecule has 0 bridgehead atoms. The fourth-order valence-corrected chi connectivity index (χ4v) is 2.09. The second-order valence-corrected chi connectivity index (χ2v) is 3.98. The van der Waals surface area contributed by atoms with Crippen molar-refractivity contribution >= 4 is 6.09 Å². The number of aliphatic hydroxyl groups excluding tert-OH is 1. The third-order valence-corrected chi connectivity index (χ3v) is 2.97. The second kappa shape index (κ2) is 4.49. The fourth-order valence-electron chi connectivity index (χ4n) is 2.09. The Balaban J connectivity index is 2.08. The average molecular weight is 222 g/mol. The predicted octanol–water partition coefficient (Wildman–Crippen LogP) is 0.910. The first-order chi connectivity index (χ1) is 7.68. The summed E-state index contributed by atoms with van der Waals surface area (Å²) in [5.74, 6) is -0.00991. The second-order valence-electron chi connectivity index (χ2n) is 3.98. The minimum Gasteiger partial charge on any atom is -0.465 e. The maximum Gasteiger partial charge on any atom is 0.407 e. The minimum atomic E-state index is -0.969. The largest absolute Gasteiger partial charge is 0.465 e. The van der Waals surface area contributed by atoms with Crippen LogP contribution in [-0.2, 0) is 0 Å². The molecular formula is C11H14N2O3. The van der Waals surface area contributed by atoms with Crippen LogP contribution in [0.15, 0.2) is 24.5 Å². The van der Waals surface area contributed by atoms with Gasteiger partial charge >= 0.3 is 6.09 Å². The Labute approximate surface area is 93.3 Å². The Bertz CT molecular complexity index is 369. The van der Waals surface area contributed by atoms with Gasteiger partial charge in [0.15, 0.2) is 0 Å². The highest BCUT2D eigenvalue weighted by atomic mass is 16.4. The number of rotatable bonds is 1. The number of likely N-dealkylation sites (tertiary alicyclic amines) is 1. The van der Waals surface area contributed by atoms with E-state index in [1.165, 1.54) is 4.90 Å². The molecule has 2 N–H and O–H groups in total. The number of carbonyl (C=O) groups is 1. The predicted molar refractivity (Wildman–Crippen MR) is 57.2 cm³/mol.